The summed E-state index contributed by atoms with van der Waals surface area (Å²) in [5, 5.41) is 0. The van der Waals surface area contributed by atoms with Gasteiger partial charge in [-0.1, -0.05) is 32.0 Å². The molecule has 82 valence electrons. The fourth-order valence-electron chi connectivity index (χ4n) is 2.07. The van der Waals surface area contributed by atoms with E-state index in [1.807, 2.05) is 12.1 Å². The monoisotopic (exact) mass is 205 g/mol. The molecule has 0 spiro atoms. The number of benzene rings is 1. The standard InChI is InChI=1S/C13H19NO/c1-13(2,9-14)8-11-7-10-5-3-4-6-12(10)15-11/h3-6,11H,7-9,14H2,1-2H3. The van der Waals surface area contributed by atoms with Crippen molar-refractivity contribution < 1.29 is 4.74 Å². The Balaban J connectivity index is 2.02. The number of hydrogen-bond donors (Lipinski definition) is 1. The Morgan fingerprint density at radius 3 is 2.80 bits per heavy atom. The Morgan fingerprint density at radius 1 is 1.40 bits per heavy atom. The van der Waals surface area contributed by atoms with Gasteiger partial charge in [-0.3, -0.25) is 0 Å². The average Bonchev–Trinajstić information content (AvgIpc) is 2.58. The quantitative estimate of drug-likeness (QED) is 0.822. The highest BCUT2D eigenvalue weighted by Crippen LogP contribution is 2.33. The van der Waals surface area contributed by atoms with E-state index in [1.54, 1.807) is 0 Å². The predicted molar refractivity (Wildman–Crippen MR) is 62.0 cm³/mol. The molecule has 0 fully saturated rings. The second kappa shape index (κ2) is 3.86. The zero-order valence-corrected chi connectivity index (χ0v) is 9.49. The zero-order valence-electron chi connectivity index (χ0n) is 9.49. The van der Waals surface area contributed by atoms with Gasteiger partial charge in [0, 0.05) is 6.42 Å². The van der Waals surface area contributed by atoms with Crippen LogP contribution < -0.4 is 10.5 Å². The molecule has 0 bridgehead atoms. The highest BCUT2D eigenvalue weighted by atomic mass is 16.5. The normalized spacial score (nSPS) is 19.8. The van der Waals surface area contributed by atoms with Crippen LogP contribution in [0.25, 0.3) is 0 Å². The van der Waals surface area contributed by atoms with E-state index >= 15 is 0 Å². The Hall–Kier alpha value is -1.02. The fourth-order valence-corrected chi connectivity index (χ4v) is 2.07. The van der Waals surface area contributed by atoms with Gasteiger partial charge in [-0.25, -0.2) is 0 Å². The molecule has 0 amide bonds. The molecule has 0 radical (unpaired) electrons. The molecule has 0 aromatic heterocycles. The molecule has 1 atom stereocenters. The molecular formula is C13H19NO. The van der Waals surface area contributed by atoms with E-state index in [0.717, 1.165) is 18.6 Å². The van der Waals surface area contributed by atoms with Crippen LogP contribution in [0.4, 0.5) is 0 Å². The van der Waals surface area contributed by atoms with Crippen LogP contribution in [0.1, 0.15) is 25.8 Å². The van der Waals surface area contributed by atoms with Gasteiger partial charge in [-0.2, -0.15) is 0 Å². The predicted octanol–water partition coefficient (Wildman–Crippen LogP) is 2.37. The van der Waals surface area contributed by atoms with Crippen molar-refractivity contribution in [3.63, 3.8) is 0 Å². The Bertz CT molecular complexity index is 321. The third-order valence-corrected chi connectivity index (χ3v) is 3.05. The van der Waals surface area contributed by atoms with Crippen molar-refractivity contribution in [3.05, 3.63) is 29.8 Å². The summed E-state index contributed by atoms with van der Waals surface area (Å²) >= 11 is 0. The van der Waals surface area contributed by atoms with Crippen LogP contribution in [-0.2, 0) is 6.42 Å². The summed E-state index contributed by atoms with van der Waals surface area (Å²) in [6.45, 7) is 5.10. The van der Waals surface area contributed by atoms with Crippen LogP contribution in [0.2, 0.25) is 0 Å². The van der Waals surface area contributed by atoms with Crippen molar-refractivity contribution in [2.45, 2.75) is 32.8 Å². The Kier molecular flexibility index (Phi) is 2.70. The minimum atomic E-state index is 0.173. The van der Waals surface area contributed by atoms with Gasteiger partial charge in [-0.15, -0.1) is 0 Å². The van der Waals surface area contributed by atoms with E-state index in [0.29, 0.717) is 12.6 Å². The minimum absolute atomic E-state index is 0.173. The number of nitrogens with two attached hydrogens (primary N) is 1. The van der Waals surface area contributed by atoms with Crippen LogP contribution in [0.5, 0.6) is 5.75 Å². The van der Waals surface area contributed by atoms with E-state index in [9.17, 15) is 0 Å². The smallest absolute Gasteiger partial charge is 0.123 e. The second-order valence-corrected chi connectivity index (χ2v) is 5.12. The van der Waals surface area contributed by atoms with E-state index in [1.165, 1.54) is 5.56 Å². The molecule has 0 saturated heterocycles. The van der Waals surface area contributed by atoms with Gasteiger partial charge >= 0.3 is 0 Å². The van der Waals surface area contributed by atoms with Gasteiger partial charge in [0.2, 0.25) is 0 Å². The first-order chi connectivity index (χ1) is 7.11. The number of hydrogen-bond acceptors (Lipinski definition) is 2. The minimum Gasteiger partial charge on any atom is -0.490 e. The number of para-hydroxylation sites is 1. The Morgan fingerprint density at radius 2 is 2.13 bits per heavy atom. The van der Waals surface area contributed by atoms with Crippen LogP contribution in [0, 0.1) is 5.41 Å². The third-order valence-electron chi connectivity index (χ3n) is 3.05. The molecule has 15 heavy (non-hydrogen) atoms. The number of ether oxygens (including phenoxy) is 1. The molecule has 1 aromatic carbocycles. The van der Waals surface area contributed by atoms with Crippen molar-refractivity contribution in [2.24, 2.45) is 11.1 Å². The maximum atomic E-state index is 5.89. The molecule has 2 N–H and O–H groups in total. The highest BCUT2D eigenvalue weighted by molar-refractivity contribution is 5.37. The van der Waals surface area contributed by atoms with Crippen LogP contribution in [-0.4, -0.2) is 12.6 Å². The molecule has 2 heteroatoms. The third kappa shape index (κ3) is 2.32. The lowest BCUT2D eigenvalue weighted by atomic mass is 9.86. The molecule has 2 rings (SSSR count). The van der Waals surface area contributed by atoms with E-state index in [2.05, 4.69) is 26.0 Å². The molecule has 0 saturated carbocycles. The molecule has 1 unspecified atom stereocenters. The molecule has 1 heterocycles. The maximum absolute atomic E-state index is 5.89. The Labute approximate surface area is 91.4 Å². The fraction of sp³-hybridized carbons (Fsp3) is 0.538. The van der Waals surface area contributed by atoms with Crippen molar-refractivity contribution >= 4 is 0 Å². The number of fused-ring (bicyclic) bond motifs is 1. The summed E-state index contributed by atoms with van der Waals surface area (Å²) < 4.78 is 5.89. The molecule has 1 aliphatic rings. The van der Waals surface area contributed by atoms with Crippen molar-refractivity contribution in [2.75, 3.05) is 6.54 Å². The van der Waals surface area contributed by atoms with Gasteiger partial charge in [0.15, 0.2) is 0 Å². The first kappa shape index (κ1) is 10.5. The van der Waals surface area contributed by atoms with Gasteiger partial charge in [-0.05, 0) is 30.0 Å². The topological polar surface area (TPSA) is 35.2 Å². The largest absolute Gasteiger partial charge is 0.490 e. The van der Waals surface area contributed by atoms with Gasteiger partial charge in [0.1, 0.15) is 11.9 Å². The summed E-state index contributed by atoms with van der Waals surface area (Å²) in [5.74, 6) is 1.05. The van der Waals surface area contributed by atoms with Crippen LogP contribution in [0.15, 0.2) is 24.3 Å². The molecule has 0 aliphatic carbocycles. The maximum Gasteiger partial charge on any atom is 0.123 e. The lowest BCUT2D eigenvalue weighted by Gasteiger charge is -2.25. The van der Waals surface area contributed by atoms with Crippen molar-refractivity contribution in [1.82, 2.24) is 0 Å². The van der Waals surface area contributed by atoms with Gasteiger partial charge in [0.25, 0.3) is 0 Å². The van der Waals surface area contributed by atoms with E-state index in [4.69, 9.17) is 10.5 Å². The summed E-state index contributed by atoms with van der Waals surface area (Å²) in [7, 11) is 0. The molecular weight excluding hydrogens is 186 g/mol. The summed E-state index contributed by atoms with van der Waals surface area (Å²) in [5.41, 5.74) is 7.24. The lowest BCUT2D eigenvalue weighted by molar-refractivity contribution is 0.161. The summed E-state index contributed by atoms with van der Waals surface area (Å²) in [4.78, 5) is 0. The van der Waals surface area contributed by atoms with Gasteiger partial charge < -0.3 is 10.5 Å². The highest BCUT2D eigenvalue weighted by Gasteiger charge is 2.28. The lowest BCUT2D eigenvalue weighted by Crippen LogP contribution is -2.30. The van der Waals surface area contributed by atoms with Crippen molar-refractivity contribution in [1.29, 1.82) is 0 Å². The van der Waals surface area contributed by atoms with E-state index in [-0.39, 0.29) is 5.41 Å². The molecule has 1 aliphatic heterocycles. The van der Waals surface area contributed by atoms with Gasteiger partial charge in [0.05, 0.1) is 0 Å². The van der Waals surface area contributed by atoms with Crippen LogP contribution >= 0.6 is 0 Å². The first-order valence-corrected chi connectivity index (χ1v) is 5.55. The first-order valence-electron chi connectivity index (χ1n) is 5.55. The van der Waals surface area contributed by atoms with Crippen LogP contribution in [0.3, 0.4) is 0 Å². The summed E-state index contributed by atoms with van der Waals surface area (Å²) in [6.07, 6.45) is 2.36. The van der Waals surface area contributed by atoms with Crippen molar-refractivity contribution in [3.8, 4) is 5.75 Å². The SMILES string of the molecule is CC(C)(CN)CC1Cc2ccccc2O1. The van der Waals surface area contributed by atoms with E-state index < -0.39 is 0 Å². The molecule has 1 aromatic rings. The number of rotatable bonds is 3. The molecule has 2 nitrogen and oxygen atoms in total. The zero-order chi connectivity index (χ0) is 10.9. The average molecular weight is 205 g/mol. The second-order valence-electron chi connectivity index (χ2n) is 5.12. The summed E-state index contributed by atoms with van der Waals surface area (Å²) in [6, 6.07) is 8.28.